The van der Waals surface area contributed by atoms with E-state index in [2.05, 4.69) is 33.9 Å². The summed E-state index contributed by atoms with van der Waals surface area (Å²) in [7, 11) is -2.09. The Bertz CT molecular complexity index is 912. The van der Waals surface area contributed by atoms with Crippen LogP contribution in [-0.4, -0.2) is 67.4 Å². The molecule has 0 aromatic heterocycles. The highest BCUT2D eigenvalue weighted by molar-refractivity contribution is 6.74. The zero-order valence-electron chi connectivity index (χ0n) is 21.9. The molecule has 2 aliphatic heterocycles. The van der Waals surface area contributed by atoms with E-state index in [1.807, 2.05) is 20.8 Å². The second kappa shape index (κ2) is 9.45. The molecule has 0 bridgehead atoms. The van der Waals surface area contributed by atoms with Crippen LogP contribution in [0.2, 0.25) is 18.1 Å². The molecule has 3 rings (SSSR count). The fraction of sp³-hybridized carbons (Fsp3) is 0.654. The Morgan fingerprint density at radius 2 is 1.62 bits per heavy atom. The van der Waals surface area contributed by atoms with Crippen LogP contribution < -0.4 is 0 Å². The summed E-state index contributed by atoms with van der Waals surface area (Å²) in [6, 6.07) is 6.60. The average molecular weight is 489 g/mol. The van der Waals surface area contributed by atoms with Crippen LogP contribution in [0.4, 0.5) is 4.79 Å². The van der Waals surface area contributed by atoms with Crippen molar-refractivity contribution in [3.8, 4) is 0 Å². The molecule has 1 saturated heterocycles. The third-order valence-corrected chi connectivity index (χ3v) is 11.7. The summed E-state index contributed by atoms with van der Waals surface area (Å²) in [4.78, 5) is 42.2. The highest BCUT2D eigenvalue weighted by Gasteiger charge is 2.44. The maximum absolute atomic E-state index is 13.2. The Kier molecular flexibility index (Phi) is 7.34. The van der Waals surface area contributed by atoms with E-state index >= 15 is 0 Å². The van der Waals surface area contributed by atoms with Gasteiger partial charge in [0.15, 0.2) is 8.32 Å². The normalized spacial score (nSPS) is 20.1. The highest BCUT2D eigenvalue weighted by atomic mass is 28.4. The van der Waals surface area contributed by atoms with Gasteiger partial charge in [-0.15, -0.1) is 0 Å². The maximum Gasteiger partial charge on any atom is 0.410 e. The summed E-state index contributed by atoms with van der Waals surface area (Å²) in [5.74, 6) is -0.359. The molecule has 188 valence electrons. The molecule has 1 unspecified atom stereocenters. The predicted octanol–water partition coefficient (Wildman–Crippen LogP) is 5.32. The summed E-state index contributed by atoms with van der Waals surface area (Å²) < 4.78 is 12.0. The monoisotopic (exact) mass is 488 g/mol. The molecule has 0 spiro atoms. The standard InChI is InChI=1S/C26H40N2O5Si/c1-25(2,3)33-24(31)27-14-13-18(16-27)15-19(17-32-34(7,8)26(4,5)6)28-22(29)20-11-9-10-12-21(20)23(28)30/h9-12,18-19H,13-17H2,1-8H3/t18-,19?/m1/s1. The minimum atomic E-state index is -2.09. The van der Waals surface area contributed by atoms with Gasteiger partial charge in [0.1, 0.15) is 5.60 Å². The Hall–Kier alpha value is -2.19. The first kappa shape index (κ1) is 26.4. The quantitative estimate of drug-likeness (QED) is 0.400. The molecule has 2 atom stereocenters. The lowest BCUT2D eigenvalue weighted by Crippen LogP contribution is -2.48. The van der Waals surface area contributed by atoms with Crippen LogP contribution in [0.5, 0.6) is 0 Å². The third kappa shape index (κ3) is 5.71. The van der Waals surface area contributed by atoms with E-state index < -0.39 is 13.9 Å². The summed E-state index contributed by atoms with van der Waals surface area (Å²) in [6.45, 7) is 17.9. The van der Waals surface area contributed by atoms with Crippen molar-refractivity contribution in [3.05, 3.63) is 35.4 Å². The fourth-order valence-electron chi connectivity index (χ4n) is 4.21. The summed E-state index contributed by atoms with van der Waals surface area (Å²) in [5, 5.41) is 0.0143. The molecule has 0 radical (unpaired) electrons. The van der Waals surface area contributed by atoms with Crippen molar-refractivity contribution >= 4 is 26.2 Å². The zero-order valence-corrected chi connectivity index (χ0v) is 22.9. The topological polar surface area (TPSA) is 76.2 Å². The van der Waals surface area contributed by atoms with Crippen molar-refractivity contribution in [2.45, 2.75) is 84.2 Å². The molecular weight excluding hydrogens is 448 g/mol. The average Bonchev–Trinajstić information content (AvgIpc) is 3.27. The molecule has 2 heterocycles. The van der Waals surface area contributed by atoms with Gasteiger partial charge < -0.3 is 14.1 Å². The lowest BCUT2D eigenvalue weighted by atomic mass is 9.98. The summed E-state index contributed by atoms with van der Waals surface area (Å²) in [5.41, 5.74) is 0.354. The molecule has 1 aromatic carbocycles. The second-order valence-corrected chi connectivity index (χ2v) is 16.9. The number of hydrogen-bond acceptors (Lipinski definition) is 5. The molecular formula is C26H40N2O5Si. The Morgan fingerprint density at radius 1 is 1.06 bits per heavy atom. The first-order valence-corrected chi connectivity index (χ1v) is 15.1. The van der Waals surface area contributed by atoms with Crippen molar-refractivity contribution in [2.24, 2.45) is 5.92 Å². The predicted molar refractivity (Wildman–Crippen MR) is 134 cm³/mol. The summed E-state index contributed by atoms with van der Waals surface area (Å²) >= 11 is 0. The number of carbonyl (C=O) groups is 3. The van der Waals surface area contributed by atoms with Gasteiger partial charge in [-0.25, -0.2) is 4.79 Å². The number of ether oxygens (including phenoxy) is 1. The van der Waals surface area contributed by atoms with Gasteiger partial charge >= 0.3 is 6.09 Å². The fourth-order valence-corrected chi connectivity index (χ4v) is 5.25. The largest absolute Gasteiger partial charge is 0.444 e. The van der Waals surface area contributed by atoms with E-state index in [1.165, 1.54) is 4.90 Å². The smallest absolute Gasteiger partial charge is 0.410 e. The van der Waals surface area contributed by atoms with Gasteiger partial charge in [0.25, 0.3) is 11.8 Å². The second-order valence-electron chi connectivity index (χ2n) is 12.1. The molecule has 34 heavy (non-hydrogen) atoms. The molecule has 0 aliphatic carbocycles. The first-order valence-electron chi connectivity index (χ1n) is 12.2. The minimum absolute atomic E-state index is 0.0143. The minimum Gasteiger partial charge on any atom is -0.444 e. The van der Waals surface area contributed by atoms with E-state index in [-0.39, 0.29) is 34.9 Å². The van der Waals surface area contributed by atoms with Crippen molar-refractivity contribution in [2.75, 3.05) is 19.7 Å². The number of rotatable bonds is 6. The van der Waals surface area contributed by atoms with E-state index in [0.29, 0.717) is 37.2 Å². The van der Waals surface area contributed by atoms with Crippen molar-refractivity contribution in [1.82, 2.24) is 9.80 Å². The van der Waals surface area contributed by atoms with Crippen molar-refractivity contribution < 1.29 is 23.5 Å². The zero-order chi connectivity index (χ0) is 25.5. The van der Waals surface area contributed by atoms with Gasteiger partial charge in [-0.1, -0.05) is 32.9 Å². The molecule has 0 saturated carbocycles. The van der Waals surface area contributed by atoms with Gasteiger partial charge in [0.2, 0.25) is 0 Å². The molecule has 8 heteroatoms. The number of nitrogens with zero attached hydrogens (tertiary/aromatic N) is 2. The number of likely N-dealkylation sites (tertiary alicyclic amines) is 1. The molecule has 2 aliphatic rings. The maximum atomic E-state index is 13.2. The van der Waals surface area contributed by atoms with Crippen molar-refractivity contribution in [3.63, 3.8) is 0 Å². The van der Waals surface area contributed by atoms with E-state index in [0.717, 1.165) is 6.42 Å². The number of amides is 3. The molecule has 3 amide bonds. The van der Waals surface area contributed by atoms with Crippen LogP contribution in [0, 0.1) is 5.92 Å². The lowest BCUT2D eigenvalue weighted by molar-refractivity contribution is 0.0278. The molecule has 1 fully saturated rings. The number of hydrogen-bond donors (Lipinski definition) is 0. The number of benzene rings is 1. The van der Waals surface area contributed by atoms with E-state index in [9.17, 15) is 14.4 Å². The van der Waals surface area contributed by atoms with Crippen LogP contribution in [-0.2, 0) is 9.16 Å². The Balaban J connectivity index is 1.78. The van der Waals surface area contributed by atoms with Gasteiger partial charge in [-0.05, 0) is 69.8 Å². The molecule has 0 N–H and O–H groups in total. The Labute approximate surface area is 204 Å². The van der Waals surface area contributed by atoms with Crippen LogP contribution in [0.15, 0.2) is 24.3 Å². The lowest BCUT2D eigenvalue weighted by Gasteiger charge is -2.38. The third-order valence-electron chi connectivity index (χ3n) is 7.18. The van der Waals surface area contributed by atoms with Gasteiger partial charge in [0.05, 0.1) is 23.8 Å². The molecule has 1 aromatic rings. The van der Waals surface area contributed by atoms with Gasteiger partial charge in [-0.2, -0.15) is 0 Å². The number of imide groups is 1. The van der Waals surface area contributed by atoms with Gasteiger partial charge in [0, 0.05) is 13.1 Å². The number of fused-ring (bicyclic) bond motifs is 1. The van der Waals surface area contributed by atoms with E-state index in [1.54, 1.807) is 29.2 Å². The van der Waals surface area contributed by atoms with Crippen LogP contribution >= 0.6 is 0 Å². The van der Waals surface area contributed by atoms with Crippen LogP contribution in [0.25, 0.3) is 0 Å². The summed E-state index contributed by atoms with van der Waals surface area (Å²) in [6.07, 6.45) is 1.09. The molecule has 7 nitrogen and oxygen atoms in total. The number of carbonyl (C=O) groups excluding carboxylic acids is 3. The van der Waals surface area contributed by atoms with E-state index in [4.69, 9.17) is 9.16 Å². The van der Waals surface area contributed by atoms with Crippen LogP contribution in [0.1, 0.15) is 75.1 Å². The van der Waals surface area contributed by atoms with Crippen molar-refractivity contribution in [1.29, 1.82) is 0 Å². The van der Waals surface area contributed by atoms with Gasteiger partial charge in [-0.3, -0.25) is 14.5 Å². The Morgan fingerprint density at radius 3 is 2.12 bits per heavy atom. The SMILES string of the molecule is CC(C)(C)OC(=O)N1CC[C@H](CC(CO[Si](C)(C)C(C)(C)C)N2C(=O)c3ccccc3C2=O)C1. The van der Waals surface area contributed by atoms with Crippen LogP contribution in [0.3, 0.4) is 0 Å². The highest BCUT2D eigenvalue weighted by Crippen LogP contribution is 2.38. The first-order chi connectivity index (χ1) is 15.6.